The van der Waals surface area contributed by atoms with E-state index in [0.717, 1.165) is 32.5 Å². The van der Waals surface area contributed by atoms with Crippen molar-refractivity contribution in [3.63, 3.8) is 0 Å². The highest BCUT2D eigenvalue weighted by Gasteiger charge is 2.23. The molecule has 1 aliphatic rings. The van der Waals surface area contributed by atoms with Crippen molar-refractivity contribution in [1.82, 2.24) is 15.5 Å². The van der Waals surface area contributed by atoms with Crippen molar-refractivity contribution in [2.24, 2.45) is 4.99 Å². The molecule has 0 saturated carbocycles. The Bertz CT molecular complexity index is 931. The lowest BCUT2D eigenvalue weighted by Gasteiger charge is -2.33. The van der Waals surface area contributed by atoms with Gasteiger partial charge in [-0.1, -0.05) is 55.5 Å². The second kappa shape index (κ2) is 13.2. The Hall–Kier alpha value is -1.65. The van der Waals surface area contributed by atoms with Gasteiger partial charge >= 0.3 is 0 Å². The first kappa shape index (κ1) is 26.6. The number of aliphatic imine (C=N–C) groups is 1. The van der Waals surface area contributed by atoms with Crippen molar-refractivity contribution in [3.05, 3.63) is 66.2 Å². The fraction of sp³-hybridized carbons (Fsp3) is 0.458. The molecule has 1 fully saturated rings. The van der Waals surface area contributed by atoms with Gasteiger partial charge in [0.1, 0.15) is 0 Å². The largest absolute Gasteiger partial charge is 0.354 e. The van der Waals surface area contributed by atoms with Gasteiger partial charge in [-0.25, -0.2) is 8.42 Å². The Morgan fingerprint density at radius 3 is 2.22 bits per heavy atom. The summed E-state index contributed by atoms with van der Waals surface area (Å²) in [6.07, 6.45) is 2.77. The molecule has 2 aromatic rings. The standard InChI is InChI=1S/C24H34N4O2S.HI/c1-3-21(19-31(29,30)23-12-8-5-9-13-23)26-24(25-2)27-22-14-16-28(17-15-22)18-20-10-6-4-7-11-20;/h4-13,21-22H,3,14-19H2,1-2H3,(H2,25,26,27);1H. The number of likely N-dealkylation sites (tertiary alicyclic amines) is 1. The number of guanidine groups is 1. The summed E-state index contributed by atoms with van der Waals surface area (Å²) in [5, 5.41) is 6.82. The molecule has 0 aromatic heterocycles. The zero-order chi connectivity index (χ0) is 22.1. The maximum Gasteiger partial charge on any atom is 0.191 e. The third kappa shape index (κ3) is 8.04. The molecular weight excluding hydrogens is 535 g/mol. The number of hydrogen-bond donors (Lipinski definition) is 2. The Labute approximate surface area is 209 Å². The molecule has 1 saturated heterocycles. The zero-order valence-corrected chi connectivity index (χ0v) is 22.1. The van der Waals surface area contributed by atoms with Gasteiger partial charge in [0.05, 0.1) is 10.6 Å². The molecule has 1 unspecified atom stereocenters. The number of nitrogens with one attached hydrogen (secondary N) is 2. The van der Waals surface area contributed by atoms with Crippen molar-refractivity contribution in [1.29, 1.82) is 0 Å². The van der Waals surface area contributed by atoms with Crippen LogP contribution in [-0.4, -0.2) is 57.3 Å². The minimum Gasteiger partial charge on any atom is -0.354 e. The molecule has 0 radical (unpaired) electrons. The third-order valence-electron chi connectivity index (χ3n) is 5.76. The van der Waals surface area contributed by atoms with E-state index < -0.39 is 9.84 Å². The highest BCUT2D eigenvalue weighted by molar-refractivity contribution is 14.0. The normalized spacial score (nSPS) is 16.8. The van der Waals surface area contributed by atoms with Gasteiger partial charge in [-0.2, -0.15) is 0 Å². The molecular formula is C24H35IN4O2S. The van der Waals surface area contributed by atoms with Crippen LogP contribution in [0, 0.1) is 0 Å². The first-order valence-electron chi connectivity index (χ1n) is 11.0. The molecule has 0 aliphatic carbocycles. The fourth-order valence-electron chi connectivity index (χ4n) is 3.88. The quantitative estimate of drug-likeness (QED) is 0.288. The van der Waals surface area contributed by atoms with Crippen molar-refractivity contribution < 1.29 is 8.42 Å². The number of nitrogens with zero attached hydrogens (tertiary/aromatic N) is 2. The van der Waals surface area contributed by atoms with Crippen molar-refractivity contribution >= 4 is 39.8 Å². The summed E-state index contributed by atoms with van der Waals surface area (Å²) in [6.45, 7) is 5.04. The summed E-state index contributed by atoms with van der Waals surface area (Å²) in [4.78, 5) is 7.19. The maximum atomic E-state index is 12.7. The lowest BCUT2D eigenvalue weighted by atomic mass is 10.0. The van der Waals surface area contributed by atoms with Gasteiger partial charge in [-0.15, -0.1) is 24.0 Å². The van der Waals surface area contributed by atoms with E-state index in [1.165, 1.54) is 5.56 Å². The molecule has 2 N–H and O–H groups in total. The molecule has 3 rings (SSSR count). The van der Waals surface area contributed by atoms with Crippen LogP contribution in [0.25, 0.3) is 0 Å². The van der Waals surface area contributed by atoms with E-state index in [1.54, 1.807) is 31.3 Å². The molecule has 0 spiro atoms. The monoisotopic (exact) mass is 570 g/mol. The number of piperidine rings is 1. The SMILES string of the molecule is CCC(CS(=O)(=O)c1ccccc1)NC(=NC)NC1CCN(Cc2ccccc2)CC1.I. The highest BCUT2D eigenvalue weighted by atomic mass is 127. The van der Waals surface area contributed by atoms with Gasteiger partial charge in [0.15, 0.2) is 15.8 Å². The lowest BCUT2D eigenvalue weighted by Crippen LogP contribution is -2.51. The fourth-order valence-corrected chi connectivity index (χ4v) is 5.50. The van der Waals surface area contributed by atoms with E-state index >= 15 is 0 Å². The summed E-state index contributed by atoms with van der Waals surface area (Å²) in [6, 6.07) is 19.3. The Balaban J connectivity index is 0.00000363. The highest BCUT2D eigenvalue weighted by Crippen LogP contribution is 2.15. The molecule has 0 bridgehead atoms. The summed E-state index contributed by atoms with van der Waals surface area (Å²) in [5.41, 5.74) is 1.34. The van der Waals surface area contributed by atoms with E-state index in [2.05, 4.69) is 44.8 Å². The summed E-state index contributed by atoms with van der Waals surface area (Å²) in [5.74, 6) is 0.723. The average molecular weight is 571 g/mol. The van der Waals surface area contributed by atoms with Crippen LogP contribution in [0.5, 0.6) is 0 Å². The molecule has 8 heteroatoms. The van der Waals surface area contributed by atoms with Gasteiger partial charge in [0, 0.05) is 38.8 Å². The van der Waals surface area contributed by atoms with E-state index in [9.17, 15) is 8.42 Å². The Kier molecular flexibility index (Phi) is 10.9. The third-order valence-corrected chi connectivity index (χ3v) is 7.59. The van der Waals surface area contributed by atoms with Crippen molar-refractivity contribution in [2.45, 2.75) is 49.7 Å². The van der Waals surface area contributed by atoms with Crippen molar-refractivity contribution in [2.75, 3.05) is 25.9 Å². The van der Waals surface area contributed by atoms with Crippen LogP contribution in [0.2, 0.25) is 0 Å². The zero-order valence-electron chi connectivity index (χ0n) is 18.9. The number of halogens is 1. The number of rotatable bonds is 8. The van der Waals surface area contributed by atoms with Crippen LogP contribution in [0.3, 0.4) is 0 Å². The van der Waals surface area contributed by atoms with E-state index in [4.69, 9.17) is 0 Å². The Morgan fingerprint density at radius 2 is 1.66 bits per heavy atom. The number of hydrogen-bond acceptors (Lipinski definition) is 4. The van der Waals surface area contributed by atoms with Gasteiger partial charge < -0.3 is 10.6 Å². The first-order valence-corrected chi connectivity index (χ1v) is 12.7. The van der Waals surface area contributed by atoms with E-state index in [-0.39, 0.29) is 35.8 Å². The van der Waals surface area contributed by atoms with Crippen molar-refractivity contribution in [3.8, 4) is 0 Å². The van der Waals surface area contributed by atoms with E-state index in [1.807, 2.05) is 19.1 Å². The predicted octanol–water partition coefficient (Wildman–Crippen LogP) is 3.69. The van der Waals surface area contributed by atoms with Crippen LogP contribution in [-0.2, 0) is 16.4 Å². The number of sulfone groups is 1. The minimum atomic E-state index is -3.35. The first-order chi connectivity index (χ1) is 15.0. The smallest absolute Gasteiger partial charge is 0.191 e. The van der Waals surface area contributed by atoms with Gasteiger partial charge in [0.2, 0.25) is 0 Å². The molecule has 176 valence electrons. The van der Waals surface area contributed by atoms with Crippen LogP contribution in [0.1, 0.15) is 31.7 Å². The van der Waals surface area contributed by atoms with Gasteiger partial charge in [0.25, 0.3) is 0 Å². The molecule has 1 heterocycles. The topological polar surface area (TPSA) is 73.8 Å². The second-order valence-corrected chi connectivity index (χ2v) is 10.1. The lowest BCUT2D eigenvalue weighted by molar-refractivity contribution is 0.198. The van der Waals surface area contributed by atoms with Crippen LogP contribution >= 0.6 is 24.0 Å². The van der Waals surface area contributed by atoms with Crippen LogP contribution in [0.15, 0.2) is 70.6 Å². The molecule has 2 aromatic carbocycles. The predicted molar refractivity (Wildman–Crippen MR) is 142 cm³/mol. The Morgan fingerprint density at radius 1 is 1.06 bits per heavy atom. The molecule has 0 amide bonds. The maximum absolute atomic E-state index is 12.7. The molecule has 1 atom stereocenters. The molecule has 6 nitrogen and oxygen atoms in total. The summed E-state index contributed by atoms with van der Waals surface area (Å²) < 4.78 is 25.5. The minimum absolute atomic E-state index is 0. The van der Waals surface area contributed by atoms with Crippen LogP contribution < -0.4 is 10.6 Å². The van der Waals surface area contributed by atoms with Gasteiger partial charge in [-0.05, 0) is 37.0 Å². The van der Waals surface area contributed by atoms with E-state index in [0.29, 0.717) is 23.3 Å². The number of benzene rings is 2. The van der Waals surface area contributed by atoms with Gasteiger partial charge in [-0.3, -0.25) is 9.89 Å². The van der Waals surface area contributed by atoms with Crippen LogP contribution in [0.4, 0.5) is 0 Å². The summed E-state index contributed by atoms with van der Waals surface area (Å²) in [7, 11) is -1.61. The summed E-state index contributed by atoms with van der Waals surface area (Å²) >= 11 is 0. The molecule has 32 heavy (non-hydrogen) atoms. The molecule has 1 aliphatic heterocycles. The average Bonchev–Trinajstić information content (AvgIpc) is 2.80. The second-order valence-electron chi connectivity index (χ2n) is 8.10.